The first kappa shape index (κ1) is 19.0. The number of ether oxygens (including phenoxy) is 1. The number of aryl methyl sites for hydroxylation is 3. The minimum atomic E-state index is -0.486. The third-order valence-corrected chi connectivity index (χ3v) is 5.45. The van der Waals surface area contributed by atoms with E-state index in [0.717, 1.165) is 21.4 Å². The lowest BCUT2D eigenvalue weighted by molar-refractivity contribution is -0.144. The predicted molar refractivity (Wildman–Crippen MR) is 104 cm³/mol. The Morgan fingerprint density at radius 1 is 1.04 bits per heavy atom. The molecule has 140 valence electrons. The molecule has 3 aromatic rings. The molecule has 0 fully saturated rings. The summed E-state index contributed by atoms with van der Waals surface area (Å²) in [5, 5.41) is 0.746. The molecular weight excluding hydrogens is 364 g/mol. The summed E-state index contributed by atoms with van der Waals surface area (Å²) in [7, 11) is 0. The van der Waals surface area contributed by atoms with Crippen LogP contribution in [0.5, 0.6) is 0 Å². The number of esters is 1. The van der Waals surface area contributed by atoms with Gasteiger partial charge in [0.1, 0.15) is 12.2 Å². The Bertz CT molecular complexity index is 1070. The Morgan fingerprint density at radius 2 is 1.78 bits per heavy atom. The summed E-state index contributed by atoms with van der Waals surface area (Å²) in [5.74, 6) is -0.538. The van der Waals surface area contributed by atoms with Crippen molar-refractivity contribution < 1.29 is 18.7 Å². The van der Waals surface area contributed by atoms with Crippen molar-refractivity contribution >= 4 is 34.1 Å². The number of Topliss-reactive ketones (excluding diaryl/α,β-unsaturated/α-hetero) is 1. The zero-order valence-corrected chi connectivity index (χ0v) is 16.3. The fourth-order valence-corrected chi connectivity index (χ4v) is 3.59. The van der Waals surface area contributed by atoms with Gasteiger partial charge in [-0.1, -0.05) is 0 Å². The first-order valence-corrected chi connectivity index (χ1v) is 9.44. The molecule has 0 unspecified atom stereocenters. The summed E-state index contributed by atoms with van der Waals surface area (Å²) in [4.78, 5) is 37.6. The van der Waals surface area contributed by atoms with Crippen molar-refractivity contribution in [2.24, 2.45) is 0 Å². The molecule has 0 N–H and O–H groups in total. The van der Waals surface area contributed by atoms with Crippen LogP contribution in [0.2, 0.25) is 0 Å². The Balaban J connectivity index is 1.66. The molecule has 0 amide bonds. The van der Waals surface area contributed by atoms with Crippen LogP contribution in [0.25, 0.3) is 11.0 Å². The normalized spacial score (nSPS) is 10.9. The molecule has 3 rings (SSSR count). The van der Waals surface area contributed by atoms with Crippen LogP contribution in [-0.4, -0.2) is 11.8 Å². The number of hydrogen-bond acceptors (Lipinski definition) is 6. The van der Waals surface area contributed by atoms with Crippen LogP contribution >= 0.6 is 11.3 Å². The van der Waals surface area contributed by atoms with E-state index in [1.807, 2.05) is 32.9 Å². The Hall–Kier alpha value is -2.73. The van der Waals surface area contributed by atoms with Crippen molar-refractivity contribution in [3.63, 3.8) is 0 Å². The maximum Gasteiger partial charge on any atom is 0.336 e. The maximum absolute atomic E-state index is 12.1. The van der Waals surface area contributed by atoms with Crippen molar-refractivity contribution in [3.8, 4) is 0 Å². The Kier molecular flexibility index (Phi) is 5.56. The van der Waals surface area contributed by atoms with Gasteiger partial charge in [0.25, 0.3) is 0 Å². The van der Waals surface area contributed by atoms with E-state index >= 15 is 0 Å². The number of thiophene rings is 1. The average Bonchev–Trinajstić information content (AvgIpc) is 3.05. The average molecular weight is 384 g/mol. The molecule has 0 saturated carbocycles. The minimum Gasteiger partial charge on any atom is -0.461 e. The molecule has 0 bridgehead atoms. The molecule has 0 aliphatic heterocycles. The summed E-state index contributed by atoms with van der Waals surface area (Å²) in [6.45, 7) is 5.80. The molecule has 0 radical (unpaired) electrons. The molecule has 0 aliphatic rings. The highest BCUT2D eigenvalue weighted by molar-refractivity contribution is 7.14. The van der Waals surface area contributed by atoms with Gasteiger partial charge in [0, 0.05) is 28.3 Å². The van der Waals surface area contributed by atoms with Gasteiger partial charge in [0.2, 0.25) is 0 Å². The molecule has 0 spiro atoms. The minimum absolute atomic E-state index is 0.00723. The van der Waals surface area contributed by atoms with Crippen molar-refractivity contribution in [1.82, 2.24) is 0 Å². The standard InChI is InChI=1S/C21H20O5S/c1-12-8-16-15(10-21(24)26-18(16)9-13(12)2)11-25-20(23)7-5-17(22)19-6-4-14(3)27-19/h4,6,8-10H,5,7,11H2,1-3H3. The highest BCUT2D eigenvalue weighted by atomic mass is 32.1. The third kappa shape index (κ3) is 4.52. The summed E-state index contributed by atoms with van der Waals surface area (Å²) >= 11 is 1.42. The van der Waals surface area contributed by atoms with Crippen molar-refractivity contribution in [2.75, 3.05) is 0 Å². The van der Waals surface area contributed by atoms with Crippen molar-refractivity contribution in [2.45, 2.75) is 40.2 Å². The first-order valence-electron chi connectivity index (χ1n) is 8.63. The van der Waals surface area contributed by atoms with E-state index in [1.54, 1.807) is 12.1 Å². The van der Waals surface area contributed by atoms with E-state index < -0.39 is 11.6 Å². The monoisotopic (exact) mass is 384 g/mol. The Morgan fingerprint density at radius 3 is 2.48 bits per heavy atom. The molecule has 2 heterocycles. The second-order valence-electron chi connectivity index (χ2n) is 6.52. The SMILES string of the molecule is Cc1ccc(C(=O)CCC(=O)OCc2cc(=O)oc3cc(C)c(C)cc23)s1. The summed E-state index contributed by atoms with van der Waals surface area (Å²) < 4.78 is 10.5. The first-order chi connectivity index (χ1) is 12.8. The zero-order chi connectivity index (χ0) is 19.6. The Labute approximate surface area is 160 Å². The number of fused-ring (bicyclic) bond motifs is 1. The van der Waals surface area contributed by atoms with Gasteiger partial charge in [-0.15, -0.1) is 11.3 Å². The van der Waals surface area contributed by atoms with E-state index in [2.05, 4.69) is 0 Å². The van der Waals surface area contributed by atoms with Crippen LogP contribution in [0.15, 0.2) is 39.5 Å². The highest BCUT2D eigenvalue weighted by Crippen LogP contribution is 2.22. The van der Waals surface area contributed by atoms with E-state index in [-0.39, 0.29) is 25.2 Å². The van der Waals surface area contributed by atoms with Crippen LogP contribution in [0.1, 0.15) is 44.1 Å². The zero-order valence-electron chi connectivity index (χ0n) is 15.5. The maximum atomic E-state index is 12.1. The van der Waals surface area contributed by atoms with Crippen LogP contribution in [0, 0.1) is 20.8 Å². The summed E-state index contributed by atoms with van der Waals surface area (Å²) in [6.07, 6.45) is 0.113. The molecule has 6 heteroatoms. The number of carbonyl (C=O) groups is 2. The van der Waals surface area contributed by atoms with Gasteiger partial charge in [-0.25, -0.2) is 4.79 Å². The quantitative estimate of drug-likeness (QED) is 0.356. The lowest BCUT2D eigenvalue weighted by Gasteiger charge is -2.09. The number of carbonyl (C=O) groups excluding carboxylic acids is 2. The van der Waals surface area contributed by atoms with Gasteiger partial charge in [-0.2, -0.15) is 0 Å². The van der Waals surface area contributed by atoms with Crippen LogP contribution in [0.3, 0.4) is 0 Å². The number of ketones is 1. The number of hydrogen-bond donors (Lipinski definition) is 0. The smallest absolute Gasteiger partial charge is 0.336 e. The summed E-state index contributed by atoms with van der Waals surface area (Å²) in [6, 6.07) is 8.71. The molecule has 1 aromatic carbocycles. The largest absolute Gasteiger partial charge is 0.461 e. The van der Waals surface area contributed by atoms with E-state index in [9.17, 15) is 14.4 Å². The molecule has 27 heavy (non-hydrogen) atoms. The van der Waals surface area contributed by atoms with E-state index in [0.29, 0.717) is 16.0 Å². The lowest BCUT2D eigenvalue weighted by atomic mass is 10.0. The van der Waals surface area contributed by atoms with Crippen LogP contribution in [-0.2, 0) is 16.1 Å². The number of benzene rings is 1. The van der Waals surface area contributed by atoms with Crippen LogP contribution in [0.4, 0.5) is 0 Å². The molecule has 0 atom stereocenters. The van der Waals surface area contributed by atoms with Gasteiger partial charge in [0.05, 0.1) is 11.3 Å². The molecule has 0 aliphatic carbocycles. The molecule has 5 nitrogen and oxygen atoms in total. The molecule has 0 saturated heterocycles. The van der Waals surface area contributed by atoms with Gasteiger partial charge >= 0.3 is 11.6 Å². The fourth-order valence-electron chi connectivity index (χ4n) is 2.76. The van der Waals surface area contributed by atoms with E-state index in [4.69, 9.17) is 9.15 Å². The van der Waals surface area contributed by atoms with Gasteiger partial charge in [-0.3, -0.25) is 9.59 Å². The predicted octanol–water partition coefficient (Wildman–Crippen LogP) is 4.49. The lowest BCUT2D eigenvalue weighted by Crippen LogP contribution is -2.09. The van der Waals surface area contributed by atoms with Gasteiger partial charge in [-0.05, 0) is 56.2 Å². The highest BCUT2D eigenvalue weighted by Gasteiger charge is 2.14. The van der Waals surface area contributed by atoms with Gasteiger partial charge < -0.3 is 9.15 Å². The van der Waals surface area contributed by atoms with Gasteiger partial charge in [0.15, 0.2) is 5.78 Å². The van der Waals surface area contributed by atoms with Crippen molar-refractivity contribution in [3.05, 3.63) is 67.2 Å². The third-order valence-electron chi connectivity index (χ3n) is 4.40. The second kappa shape index (κ2) is 7.88. The van der Waals surface area contributed by atoms with Crippen LogP contribution < -0.4 is 5.63 Å². The van der Waals surface area contributed by atoms with Crippen molar-refractivity contribution in [1.29, 1.82) is 0 Å². The number of rotatable bonds is 6. The summed E-state index contributed by atoms with van der Waals surface area (Å²) in [5.41, 5.74) is 2.65. The fraction of sp³-hybridized carbons (Fsp3) is 0.286. The van der Waals surface area contributed by atoms with E-state index in [1.165, 1.54) is 17.4 Å². The molecule has 2 aromatic heterocycles. The topological polar surface area (TPSA) is 73.6 Å². The second-order valence-corrected chi connectivity index (χ2v) is 7.81. The molecular formula is C21H20O5S.